The molecule has 2 saturated heterocycles. The molecule has 2 aliphatic rings. The maximum Gasteiger partial charge on any atom is 0.236 e. The molecule has 3 rings (SSSR count). The summed E-state index contributed by atoms with van der Waals surface area (Å²) in [5.74, 6) is 1.08. The summed E-state index contributed by atoms with van der Waals surface area (Å²) in [5, 5.41) is 3.05. The highest BCUT2D eigenvalue weighted by Crippen LogP contribution is 2.22. The van der Waals surface area contributed by atoms with E-state index in [1.807, 2.05) is 30.1 Å². The van der Waals surface area contributed by atoms with Gasteiger partial charge in [-0.2, -0.15) is 0 Å². The minimum atomic E-state index is -0.0616. The third kappa shape index (κ3) is 3.56. The Hall–Kier alpha value is -1.66. The summed E-state index contributed by atoms with van der Waals surface area (Å²) in [4.78, 5) is 21.0. The number of rotatable bonds is 4. The standard InChI is InChI=1S/C16H24N4O2/c1-17-15-6-4-5-13(18-15)14-11-19(9-10-22-14)12-16(21)20-7-2-3-8-20/h4-6,14H,2-3,7-12H2,1H3,(H,17,18)/t14-/m1/s1. The maximum absolute atomic E-state index is 12.3. The molecule has 1 amide bonds. The first-order chi connectivity index (χ1) is 10.8. The van der Waals surface area contributed by atoms with E-state index in [1.165, 1.54) is 0 Å². The van der Waals surface area contributed by atoms with Gasteiger partial charge in [-0.25, -0.2) is 4.98 Å². The van der Waals surface area contributed by atoms with Gasteiger partial charge in [-0.05, 0) is 25.0 Å². The van der Waals surface area contributed by atoms with Crippen LogP contribution in [0.1, 0.15) is 24.6 Å². The normalized spacial score (nSPS) is 22.8. The van der Waals surface area contributed by atoms with Gasteiger partial charge in [0.05, 0.1) is 18.8 Å². The Labute approximate surface area is 131 Å². The molecule has 2 aliphatic heterocycles. The molecule has 3 heterocycles. The van der Waals surface area contributed by atoms with E-state index in [0.29, 0.717) is 13.2 Å². The lowest BCUT2D eigenvalue weighted by atomic mass is 10.2. The summed E-state index contributed by atoms with van der Waals surface area (Å²) in [5.41, 5.74) is 0.921. The fourth-order valence-corrected chi connectivity index (χ4v) is 3.05. The minimum absolute atomic E-state index is 0.0616. The predicted molar refractivity (Wildman–Crippen MR) is 84.7 cm³/mol. The first kappa shape index (κ1) is 15.2. The van der Waals surface area contributed by atoms with Crippen molar-refractivity contribution in [2.75, 3.05) is 51.7 Å². The molecule has 1 N–H and O–H groups in total. The second-order valence-electron chi connectivity index (χ2n) is 5.88. The zero-order valence-electron chi connectivity index (χ0n) is 13.1. The fraction of sp³-hybridized carbons (Fsp3) is 0.625. The lowest BCUT2D eigenvalue weighted by molar-refractivity contribution is -0.133. The number of morpholine rings is 1. The summed E-state index contributed by atoms with van der Waals surface area (Å²) in [7, 11) is 1.86. The van der Waals surface area contributed by atoms with Crippen LogP contribution in [0, 0.1) is 0 Å². The van der Waals surface area contributed by atoms with Crippen LogP contribution in [0.15, 0.2) is 18.2 Å². The number of pyridine rings is 1. The Balaban J connectivity index is 1.59. The molecule has 0 saturated carbocycles. The number of nitrogens with zero attached hydrogens (tertiary/aromatic N) is 3. The first-order valence-electron chi connectivity index (χ1n) is 8.02. The molecule has 0 spiro atoms. The summed E-state index contributed by atoms with van der Waals surface area (Å²) in [6.45, 7) is 4.49. The zero-order valence-corrected chi connectivity index (χ0v) is 13.1. The quantitative estimate of drug-likeness (QED) is 0.903. The van der Waals surface area contributed by atoms with Crippen molar-refractivity contribution >= 4 is 11.7 Å². The molecule has 1 aromatic rings. The Morgan fingerprint density at radius 2 is 2.18 bits per heavy atom. The van der Waals surface area contributed by atoms with E-state index in [2.05, 4.69) is 15.2 Å². The van der Waals surface area contributed by atoms with E-state index < -0.39 is 0 Å². The van der Waals surface area contributed by atoms with E-state index in [9.17, 15) is 4.79 Å². The highest BCUT2D eigenvalue weighted by molar-refractivity contribution is 5.78. The molecule has 0 aromatic carbocycles. The molecule has 1 atom stereocenters. The monoisotopic (exact) mass is 304 g/mol. The molecule has 120 valence electrons. The number of ether oxygens (including phenoxy) is 1. The van der Waals surface area contributed by atoms with E-state index >= 15 is 0 Å². The summed E-state index contributed by atoms with van der Waals surface area (Å²) in [6.07, 6.45) is 2.21. The van der Waals surface area contributed by atoms with Crippen LogP contribution in [-0.4, -0.2) is 67.1 Å². The minimum Gasteiger partial charge on any atom is -0.373 e. The van der Waals surface area contributed by atoms with Crippen LogP contribution in [0.4, 0.5) is 5.82 Å². The van der Waals surface area contributed by atoms with Crippen LogP contribution in [0.25, 0.3) is 0 Å². The second-order valence-corrected chi connectivity index (χ2v) is 5.88. The second kappa shape index (κ2) is 7.07. The Morgan fingerprint density at radius 1 is 1.36 bits per heavy atom. The van der Waals surface area contributed by atoms with E-state index in [-0.39, 0.29) is 12.0 Å². The summed E-state index contributed by atoms with van der Waals surface area (Å²) < 4.78 is 5.84. The SMILES string of the molecule is CNc1cccc([C@H]2CN(CC(=O)N3CCCC3)CCO2)n1. The van der Waals surface area contributed by atoms with Gasteiger partial charge in [-0.15, -0.1) is 0 Å². The smallest absolute Gasteiger partial charge is 0.236 e. The fourth-order valence-electron chi connectivity index (χ4n) is 3.05. The topological polar surface area (TPSA) is 57.7 Å². The number of amides is 1. The van der Waals surface area contributed by atoms with Gasteiger partial charge < -0.3 is 15.0 Å². The largest absolute Gasteiger partial charge is 0.373 e. The number of nitrogens with one attached hydrogen (secondary N) is 1. The average Bonchev–Trinajstić information content (AvgIpc) is 3.10. The summed E-state index contributed by atoms with van der Waals surface area (Å²) >= 11 is 0. The third-order valence-electron chi connectivity index (χ3n) is 4.32. The van der Waals surface area contributed by atoms with Gasteiger partial charge in [0.2, 0.25) is 5.91 Å². The lowest BCUT2D eigenvalue weighted by Gasteiger charge is -2.33. The molecule has 22 heavy (non-hydrogen) atoms. The number of carbonyl (C=O) groups excluding carboxylic acids is 1. The van der Waals surface area contributed by atoms with E-state index in [1.54, 1.807) is 0 Å². The highest BCUT2D eigenvalue weighted by Gasteiger charge is 2.26. The highest BCUT2D eigenvalue weighted by atomic mass is 16.5. The van der Waals surface area contributed by atoms with Crippen LogP contribution in [0.3, 0.4) is 0 Å². The number of likely N-dealkylation sites (tertiary alicyclic amines) is 1. The van der Waals surface area contributed by atoms with Crippen LogP contribution < -0.4 is 5.32 Å². The van der Waals surface area contributed by atoms with E-state index in [0.717, 1.165) is 50.5 Å². The van der Waals surface area contributed by atoms with Gasteiger partial charge >= 0.3 is 0 Å². The number of carbonyl (C=O) groups is 1. The van der Waals surface area contributed by atoms with Gasteiger partial charge in [0.25, 0.3) is 0 Å². The molecule has 6 heteroatoms. The van der Waals surface area contributed by atoms with Crippen molar-refractivity contribution in [2.24, 2.45) is 0 Å². The number of hydrogen-bond acceptors (Lipinski definition) is 5. The van der Waals surface area contributed by atoms with Crippen LogP contribution in [0.5, 0.6) is 0 Å². The molecular weight excluding hydrogens is 280 g/mol. The molecular formula is C16H24N4O2. The molecule has 0 unspecified atom stereocenters. The molecule has 1 aromatic heterocycles. The first-order valence-corrected chi connectivity index (χ1v) is 8.02. The predicted octanol–water partition coefficient (Wildman–Crippen LogP) is 1.12. The van der Waals surface area contributed by atoms with Gasteiger partial charge in [0.15, 0.2) is 0 Å². The molecule has 2 fully saturated rings. The Kier molecular flexibility index (Phi) is 4.90. The lowest BCUT2D eigenvalue weighted by Crippen LogP contribution is -2.45. The van der Waals surface area contributed by atoms with Crippen LogP contribution in [0.2, 0.25) is 0 Å². The average molecular weight is 304 g/mol. The summed E-state index contributed by atoms with van der Waals surface area (Å²) in [6, 6.07) is 5.89. The van der Waals surface area contributed by atoms with Crippen molar-refractivity contribution in [1.29, 1.82) is 0 Å². The van der Waals surface area contributed by atoms with Crippen LogP contribution >= 0.6 is 0 Å². The van der Waals surface area contributed by atoms with Crippen LogP contribution in [-0.2, 0) is 9.53 Å². The van der Waals surface area contributed by atoms with Crippen molar-refractivity contribution in [3.63, 3.8) is 0 Å². The molecule has 0 radical (unpaired) electrons. The number of aromatic nitrogens is 1. The van der Waals surface area contributed by atoms with Gasteiger partial charge in [-0.1, -0.05) is 6.07 Å². The van der Waals surface area contributed by atoms with Gasteiger partial charge in [0, 0.05) is 33.2 Å². The number of hydrogen-bond donors (Lipinski definition) is 1. The maximum atomic E-state index is 12.3. The van der Waals surface area contributed by atoms with Gasteiger partial charge in [0.1, 0.15) is 11.9 Å². The molecule has 6 nitrogen and oxygen atoms in total. The third-order valence-corrected chi connectivity index (χ3v) is 4.32. The molecule has 0 bridgehead atoms. The Bertz CT molecular complexity index is 517. The van der Waals surface area contributed by atoms with Gasteiger partial charge in [-0.3, -0.25) is 9.69 Å². The Morgan fingerprint density at radius 3 is 2.95 bits per heavy atom. The van der Waals surface area contributed by atoms with Crippen molar-refractivity contribution in [2.45, 2.75) is 18.9 Å². The number of anilines is 1. The van der Waals surface area contributed by atoms with Crippen molar-refractivity contribution < 1.29 is 9.53 Å². The van der Waals surface area contributed by atoms with Crippen molar-refractivity contribution in [1.82, 2.24) is 14.8 Å². The van der Waals surface area contributed by atoms with Crippen molar-refractivity contribution in [3.8, 4) is 0 Å². The van der Waals surface area contributed by atoms with Crippen molar-refractivity contribution in [3.05, 3.63) is 23.9 Å². The molecule has 0 aliphatic carbocycles. The van der Waals surface area contributed by atoms with E-state index in [4.69, 9.17) is 4.74 Å². The zero-order chi connectivity index (χ0) is 15.4.